The Morgan fingerprint density at radius 3 is 1.41 bits per heavy atom. The van der Waals surface area contributed by atoms with Gasteiger partial charge in [-0.2, -0.15) is 0 Å². The molecule has 0 aliphatic carbocycles. The monoisotopic (exact) mass is 870 g/mol. The van der Waals surface area contributed by atoms with Gasteiger partial charge in [0.2, 0.25) is 0 Å². The van der Waals surface area contributed by atoms with E-state index in [9.17, 15) is 23.8 Å². The van der Waals surface area contributed by atoms with Gasteiger partial charge in [0.15, 0.2) is 6.10 Å². The summed E-state index contributed by atoms with van der Waals surface area (Å²) in [5.74, 6) is -0.921. The molecule has 0 bridgehead atoms. The normalized spacial score (nSPS) is 12.9. The number of methoxy groups -OCH3 is 1. The van der Waals surface area contributed by atoms with E-state index in [0.29, 0.717) is 52.5 Å². The first-order valence-electron chi connectivity index (χ1n) is 22.8. The van der Waals surface area contributed by atoms with Crippen LogP contribution < -0.4 is 5.32 Å². The van der Waals surface area contributed by atoms with Crippen molar-refractivity contribution in [2.45, 2.75) is 174 Å². The van der Waals surface area contributed by atoms with Crippen LogP contribution in [0.5, 0.6) is 0 Å². The second-order valence-corrected chi connectivity index (χ2v) is 16.3. The predicted molar refractivity (Wildman–Crippen MR) is 228 cm³/mol. The first kappa shape index (κ1) is 57.2. The summed E-state index contributed by atoms with van der Waals surface area (Å²) in [7, 11) is -3.00. The fourth-order valence-electron chi connectivity index (χ4n) is 5.94. The van der Waals surface area contributed by atoms with Gasteiger partial charge in [0, 0.05) is 26.5 Å². The topological polar surface area (TPSA) is 184 Å². The van der Waals surface area contributed by atoms with Crippen molar-refractivity contribution in [1.29, 1.82) is 0 Å². The molecule has 2 N–H and O–H groups in total. The van der Waals surface area contributed by atoms with E-state index in [1.54, 1.807) is 7.11 Å². The van der Waals surface area contributed by atoms with Crippen LogP contribution in [-0.2, 0) is 56.4 Å². The van der Waals surface area contributed by atoms with Crippen LogP contribution in [0.15, 0.2) is 0 Å². The van der Waals surface area contributed by atoms with Crippen molar-refractivity contribution in [2.24, 2.45) is 0 Å². The molecule has 0 spiro atoms. The summed E-state index contributed by atoms with van der Waals surface area (Å²) in [5, 5.41) is 2.40. The summed E-state index contributed by atoms with van der Waals surface area (Å²) in [5.41, 5.74) is 0. The molecule has 1 amide bonds. The van der Waals surface area contributed by atoms with Gasteiger partial charge in [0.1, 0.15) is 13.2 Å². The second-order valence-electron chi connectivity index (χ2n) is 14.9. The highest BCUT2D eigenvalue weighted by atomic mass is 31.2. The molecule has 0 aromatic rings. The zero-order valence-corrected chi connectivity index (χ0v) is 38.1. The number of esters is 2. The summed E-state index contributed by atoms with van der Waals surface area (Å²) in [6, 6.07) is 0. The highest BCUT2D eigenvalue weighted by molar-refractivity contribution is 7.47. The van der Waals surface area contributed by atoms with Crippen molar-refractivity contribution in [3.05, 3.63) is 0 Å². The van der Waals surface area contributed by atoms with Crippen molar-refractivity contribution >= 4 is 25.9 Å². The minimum atomic E-state index is -4.61. The number of rotatable bonds is 46. The van der Waals surface area contributed by atoms with Gasteiger partial charge < -0.3 is 43.4 Å². The van der Waals surface area contributed by atoms with Crippen molar-refractivity contribution in [3.8, 4) is 0 Å². The summed E-state index contributed by atoms with van der Waals surface area (Å²) < 4.78 is 59.4. The molecule has 0 aromatic carbocycles. The first-order chi connectivity index (χ1) is 28.7. The maximum atomic E-state index is 12.7. The standard InChI is InChI=1S/C43H84NO14P/c1-4-6-8-10-12-14-16-18-20-22-24-26-41(45)55-38-40(58-42(46)27-25-23-21-19-17-15-13-11-9-7-5-2)39-57-59(48,49)56-29-28-44-43(47)54-37-36-53-35-34-52-33-32-51-31-30-50-3/h40H,4-39H2,1-3H3,(H,44,47)(H,48,49)/t40-/m1/s1. The smallest absolute Gasteiger partial charge is 0.462 e. The maximum absolute atomic E-state index is 12.7. The molecule has 0 saturated carbocycles. The molecule has 0 heterocycles. The van der Waals surface area contributed by atoms with Crippen LogP contribution in [0.3, 0.4) is 0 Å². The largest absolute Gasteiger partial charge is 0.472 e. The molecule has 0 aliphatic rings. The van der Waals surface area contributed by atoms with E-state index in [2.05, 4.69) is 19.2 Å². The molecular weight excluding hydrogens is 785 g/mol. The predicted octanol–water partition coefficient (Wildman–Crippen LogP) is 9.40. The minimum Gasteiger partial charge on any atom is -0.462 e. The number of carbonyl (C=O) groups is 3. The molecule has 1 unspecified atom stereocenters. The number of phosphoric acid groups is 1. The van der Waals surface area contributed by atoms with Crippen molar-refractivity contribution < 1.29 is 66.0 Å². The molecular formula is C43H84NO14P. The lowest BCUT2D eigenvalue weighted by atomic mass is 10.1. The van der Waals surface area contributed by atoms with Gasteiger partial charge >= 0.3 is 25.9 Å². The molecule has 2 atom stereocenters. The van der Waals surface area contributed by atoms with Crippen LogP contribution in [0.2, 0.25) is 0 Å². The molecule has 0 radical (unpaired) electrons. The third-order valence-electron chi connectivity index (χ3n) is 9.38. The van der Waals surface area contributed by atoms with Crippen LogP contribution in [0.1, 0.15) is 168 Å². The molecule has 0 saturated heterocycles. The zero-order valence-electron chi connectivity index (χ0n) is 37.2. The number of nitrogens with one attached hydrogen (secondary N) is 1. The Bertz CT molecular complexity index is 1010. The van der Waals surface area contributed by atoms with E-state index in [1.807, 2.05) is 0 Å². The van der Waals surface area contributed by atoms with Gasteiger partial charge in [-0.05, 0) is 12.8 Å². The SMILES string of the molecule is CCCCCCCCCCCCCC(=O)OC[C@H](COP(=O)(O)OCCNC(=O)OCCOCCOCCOCCOC)OC(=O)CCCCCCCCCCCCC. The summed E-state index contributed by atoms with van der Waals surface area (Å²) in [4.78, 5) is 47.3. The van der Waals surface area contributed by atoms with E-state index in [4.69, 9.17) is 42.2 Å². The average Bonchev–Trinajstić information content (AvgIpc) is 3.22. The Morgan fingerprint density at radius 2 is 0.932 bits per heavy atom. The Kier molecular flexibility index (Phi) is 42.8. The van der Waals surface area contributed by atoms with Crippen molar-refractivity contribution in [2.75, 3.05) is 86.3 Å². The van der Waals surface area contributed by atoms with Gasteiger partial charge in [-0.1, -0.05) is 142 Å². The number of unbranched alkanes of at least 4 members (excludes halogenated alkanes) is 20. The zero-order chi connectivity index (χ0) is 43.3. The molecule has 350 valence electrons. The lowest BCUT2D eigenvalue weighted by Crippen LogP contribution is -2.30. The van der Waals surface area contributed by atoms with Gasteiger partial charge in [0.25, 0.3) is 0 Å². The number of carbonyl (C=O) groups excluding carboxylic acids is 3. The Hall–Kier alpha value is -1.84. The quantitative estimate of drug-likeness (QED) is 0.0255. The number of amides is 1. The molecule has 0 aromatic heterocycles. The maximum Gasteiger partial charge on any atom is 0.472 e. The van der Waals surface area contributed by atoms with Crippen LogP contribution in [0.25, 0.3) is 0 Å². The fraction of sp³-hybridized carbons (Fsp3) is 0.930. The van der Waals surface area contributed by atoms with E-state index in [1.165, 1.54) is 89.9 Å². The van der Waals surface area contributed by atoms with E-state index < -0.39 is 38.6 Å². The molecule has 15 nitrogen and oxygen atoms in total. The van der Waals surface area contributed by atoms with Crippen LogP contribution in [-0.4, -0.2) is 115 Å². The molecule has 16 heteroatoms. The summed E-state index contributed by atoms with van der Waals surface area (Å²) >= 11 is 0. The molecule has 0 rings (SSSR count). The number of ether oxygens (including phenoxy) is 7. The molecule has 0 aliphatic heterocycles. The van der Waals surface area contributed by atoms with E-state index in [0.717, 1.165) is 38.5 Å². The lowest BCUT2D eigenvalue weighted by Gasteiger charge is -2.20. The number of alkyl carbamates (subject to hydrolysis) is 1. The van der Waals surface area contributed by atoms with Crippen LogP contribution in [0, 0.1) is 0 Å². The van der Waals surface area contributed by atoms with Gasteiger partial charge in [0.05, 0.1) is 59.5 Å². The molecule has 59 heavy (non-hydrogen) atoms. The highest BCUT2D eigenvalue weighted by Crippen LogP contribution is 2.43. The third-order valence-corrected chi connectivity index (χ3v) is 10.4. The number of phosphoric ester groups is 1. The minimum absolute atomic E-state index is 0.00231. The Balaban J connectivity index is 4.47. The van der Waals surface area contributed by atoms with E-state index >= 15 is 0 Å². The number of hydrogen-bond acceptors (Lipinski definition) is 13. The third kappa shape index (κ3) is 44.0. The van der Waals surface area contributed by atoms with Crippen molar-refractivity contribution in [3.63, 3.8) is 0 Å². The van der Waals surface area contributed by atoms with E-state index in [-0.39, 0.29) is 45.8 Å². The van der Waals surface area contributed by atoms with Gasteiger partial charge in [-0.3, -0.25) is 18.6 Å². The van der Waals surface area contributed by atoms with Gasteiger partial charge in [-0.25, -0.2) is 9.36 Å². The van der Waals surface area contributed by atoms with Gasteiger partial charge in [-0.15, -0.1) is 0 Å². The Morgan fingerprint density at radius 1 is 0.508 bits per heavy atom. The lowest BCUT2D eigenvalue weighted by molar-refractivity contribution is -0.161. The van der Waals surface area contributed by atoms with Crippen molar-refractivity contribution in [1.82, 2.24) is 5.32 Å². The summed E-state index contributed by atoms with van der Waals surface area (Å²) in [6.45, 7) is 5.90. The molecule has 0 fully saturated rings. The van der Waals surface area contributed by atoms with Crippen LogP contribution in [0.4, 0.5) is 4.79 Å². The highest BCUT2D eigenvalue weighted by Gasteiger charge is 2.26. The number of hydrogen-bond donors (Lipinski definition) is 2. The average molecular weight is 870 g/mol. The Labute approximate surface area is 356 Å². The first-order valence-corrected chi connectivity index (χ1v) is 24.3. The van der Waals surface area contributed by atoms with Crippen LogP contribution >= 0.6 is 7.82 Å². The second kappa shape index (κ2) is 44.2. The summed E-state index contributed by atoms with van der Waals surface area (Å²) in [6.07, 6.45) is 24.0. The fourth-order valence-corrected chi connectivity index (χ4v) is 6.69.